The van der Waals surface area contributed by atoms with E-state index >= 15 is 0 Å². The molecule has 0 amide bonds. The van der Waals surface area contributed by atoms with E-state index in [1.54, 1.807) is 7.11 Å². The van der Waals surface area contributed by atoms with Crippen LogP contribution in [0.25, 0.3) is 0 Å². The van der Waals surface area contributed by atoms with Crippen LogP contribution in [0, 0.1) is 11.3 Å². The first-order valence-corrected chi connectivity index (χ1v) is 5.57. The minimum absolute atomic E-state index is 0.291. The minimum atomic E-state index is 0.291. The molecule has 0 aliphatic rings. The zero-order chi connectivity index (χ0) is 12.0. The number of nitriles is 1. The first kappa shape index (κ1) is 12.7. The Kier molecular flexibility index (Phi) is 4.93. The summed E-state index contributed by atoms with van der Waals surface area (Å²) in [5, 5.41) is 16.9. The number of aromatic nitrogens is 3. The molecule has 0 spiro atoms. The standard InChI is InChI=1S/C11H18N4O/c1-4-9(5-2)15-11(8-16-3)10(6-7-12)13-14-15/h9H,4-6,8H2,1-3H3. The van der Waals surface area contributed by atoms with Crippen molar-refractivity contribution in [3.8, 4) is 6.07 Å². The number of ether oxygens (including phenoxy) is 1. The van der Waals surface area contributed by atoms with Gasteiger partial charge in [-0.25, -0.2) is 4.68 Å². The van der Waals surface area contributed by atoms with Crippen molar-refractivity contribution in [3.05, 3.63) is 11.4 Å². The summed E-state index contributed by atoms with van der Waals surface area (Å²) in [6.07, 6.45) is 2.30. The largest absolute Gasteiger partial charge is 0.378 e. The van der Waals surface area contributed by atoms with Gasteiger partial charge in [-0.2, -0.15) is 5.26 Å². The molecule has 1 rings (SSSR count). The Balaban J connectivity index is 3.03. The van der Waals surface area contributed by atoms with Gasteiger partial charge < -0.3 is 4.74 Å². The monoisotopic (exact) mass is 222 g/mol. The Morgan fingerprint density at radius 3 is 2.62 bits per heavy atom. The SMILES string of the molecule is CCC(CC)n1nnc(CC#N)c1COC. The quantitative estimate of drug-likeness (QED) is 0.736. The molecule has 1 heterocycles. The molecular formula is C11H18N4O. The molecule has 0 unspecified atom stereocenters. The molecule has 0 radical (unpaired) electrons. The number of methoxy groups -OCH3 is 1. The van der Waals surface area contributed by atoms with E-state index in [0.717, 1.165) is 24.2 Å². The maximum Gasteiger partial charge on any atom is 0.102 e. The molecular weight excluding hydrogens is 204 g/mol. The van der Waals surface area contributed by atoms with Gasteiger partial charge >= 0.3 is 0 Å². The van der Waals surface area contributed by atoms with E-state index < -0.39 is 0 Å². The van der Waals surface area contributed by atoms with Crippen molar-refractivity contribution in [2.24, 2.45) is 0 Å². The highest BCUT2D eigenvalue weighted by Crippen LogP contribution is 2.19. The van der Waals surface area contributed by atoms with Crippen LogP contribution in [0.3, 0.4) is 0 Å². The minimum Gasteiger partial charge on any atom is -0.378 e. The van der Waals surface area contributed by atoms with Crippen molar-refractivity contribution in [1.29, 1.82) is 5.26 Å². The lowest BCUT2D eigenvalue weighted by Gasteiger charge is -2.15. The smallest absolute Gasteiger partial charge is 0.102 e. The van der Waals surface area contributed by atoms with Crippen LogP contribution in [0.4, 0.5) is 0 Å². The first-order valence-electron chi connectivity index (χ1n) is 5.57. The summed E-state index contributed by atoms with van der Waals surface area (Å²) in [4.78, 5) is 0. The normalized spacial score (nSPS) is 10.7. The molecule has 0 atom stereocenters. The van der Waals surface area contributed by atoms with Gasteiger partial charge in [0.2, 0.25) is 0 Å². The maximum atomic E-state index is 8.71. The Morgan fingerprint density at radius 2 is 2.12 bits per heavy atom. The van der Waals surface area contributed by atoms with Crippen LogP contribution in [-0.2, 0) is 17.8 Å². The number of rotatable bonds is 6. The van der Waals surface area contributed by atoms with Crippen molar-refractivity contribution in [2.75, 3.05) is 7.11 Å². The summed E-state index contributed by atoms with van der Waals surface area (Å²) in [5.74, 6) is 0. The van der Waals surface area contributed by atoms with Gasteiger partial charge in [0.05, 0.1) is 30.8 Å². The summed E-state index contributed by atoms with van der Waals surface area (Å²) >= 11 is 0. The average molecular weight is 222 g/mol. The molecule has 0 saturated carbocycles. The number of nitrogens with zero attached hydrogens (tertiary/aromatic N) is 4. The van der Waals surface area contributed by atoms with Gasteiger partial charge in [-0.15, -0.1) is 5.10 Å². The fraction of sp³-hybridized carbons (Fsp3) is 0.727. The van der Waals surface area contributed by atoms with Gasteiger partial charge in [0, 0.05) is 7.11 Å². The number of hydrogen-bond donors (Lipinski definition) is 0. The molecule has 0 bridgehead atoms. The Labute approximate surface area is 96.0 Å². The van der Waals surface area contributed by atoms with Crippen molar-refractivity contribution in [3.63, 3.8) is 0 Å². The van der Waals surface area contributed by atoms with Gasteiger partial charge in [-0.3, -0.25) is 0 Å². The third-order valence-electron chi connectivity index (χ3n) is 2.69. The van der Waals surface area contributed by atoms with Crippen molar-refractivity contribution >= 4 is 0 Å². The highest BCUT2D eigenvalue weighted by atomic mass is 16.5. The van der Waals surface area contributed by atoms with Crippen LogP contribution >= 0.6 is 0 Å². The topological polar surface area (TPSA) is 63.7 Å². The molecule has 0 saturated heterocycles. The first-order chi connectivity index (χ1) is 7.78. The Bertz CT molecular complexity index is 363. The van der Waals surface area contributed by atoms with Gasteiger partial charge in [0.25, 0.3) is 0 Å². The van der Waals surface area contributed by atoms with Crippen molar-refractivity contribution in [1.82, 2.24) is 15.0 Å². The Hall–Kier alpha value is -1.41. The fourth-order valence-electron chi connectivity index (χ4n) is 1.77. The molecule has 5 nitrogen and oxygen atoms in total. The predicted octanol–water partition coefficient (Wildman–Crippen LogP) is 1.85. The lowest BCUT2D eigenvalue weighted by atomic mass is 10.1. The van der Waals surface area contributed by atoms with E-state index in [9.17, 15) is 0 Å². The second-order valence-electron chi connectivity index (χ2n) is 3.67. The summed E-state index contributed by atoms with van der Waals surface area (Å²) in [6, 6.07) is 2.44. The van der Waals surface area contributed by atoms with Crippen LogP contribution in [0.1, 0.15) is 44.1 Å². The van der Waals surface area contributed by atoms with E-state index in [-0.39, 0.29) is 0 Å². The molecule has 5 heteroatoms. The van der Waals surface area contributed by atoms with E-state index in [4.69, 9.17) is 10.00 Å². The summed E-state index contributed by atoms with van der Waals surface area (Å²) in [6.45, 7) is 4.70. The molecule has 88 valence electrons. The highest BCUT2D eigenvalue weighted by Gasteiger charge is 2.17. The lowest BCUT2D eigenvalue weighted by Crippen LogP contribution is -2.13. The van der Waals surface area contributed by atoms with E-state index in [2.05, 4.69) is 30.2 Å². The van der Waals surface area contributed by atoms with Crippen molar-refractivity contribution in [2.45, 2.75) is 45.8 Å². The molecule has 1 aromatic rings. The van der Waals surface area contributed by atoms with Gasteiger partial charge in [-0.05, 0) is 12.8 Å². The van der Waals surface area contributed by atoms with Gasteiger partial charge in [0.1, 0.15) is 5.69 Å². The lowest BCUT2D eigenvalue weighted by molar-refractivity contribution is 0.172. The van der Waals surface area contributed by atoms with Crippen LogP contribution in [-0.4, -0.2) is 22.1 Å². The molecule has 1 aromatic heterocycles. The highest BCUT2D eigenvalue weighted by molar-refractivity contribution is 5.14. The maximum absolute atomic E-state index is 8.71. The van der Waals surface area contributed by atoms with E-state index in [0.29, 0.717) is 19.1 Å². The zero-order valence-corrected chi connectivity index (χ0v) is 10.1. The molecule has 0 N–H and O–H groups in total. The van der Waals surface area contributed by atoms with Crippen LogP contribution < -0.4 is 0 Å². The molecule has 0 aromatic carbocycles. The number of hydrogen-bond acceptors (Lipinski definition) is 4. The van der Waals surface area contributed by atoms with Gasteiger partial charge in [0.15, 0.2) is 0 Å². The third-order valence-corrected chi connectivity index (χ3v) is 2.69. The average Bonchev–Trinajstić information content (AvgIpc) is 2.66. The third kappa shape index (κ3) is 2.58. The summed E-state index contributed by atoms with van der Waals surface area (Å²) in [7, 11) is 1.64. The van der Waals surface area contributed by atoms with Crippen LogP contribution in [0.15, 0.2) is 0 Å². The molecule has 0 aliphatic heterocycles. The van der Waals surface area contributed by atoms with Gasteiger partial charge in [-0.1, -0.05) is 19.1 Å². The summed E-state index contributed by atoms with van der Waals surface area (Å²) in [5.41, 5.74) is 1.66. The van der Waals surface area contributed by atoms with E-state index in [1.807, 2.05) is 4.68 Å². The fourth-order valence-corrected chi connectivity index (χ4v) is 1.77. The second kappa shape index (κ2) is 6.23. The van der Waals surface area contributed by atoms with Crippen LogP contribution in [0.5, 0.6) is 0 Å². The second-order valence-corrected chi connectivity index (χ2v) is 3.67. The molecule has 16 heavy (non-hydrogen) atoms. The molecule has 0 fully saturated rings. The van der Waals surface area contributed by atoms with Crippen LogP contribution in [0.2, 0.25) is 0 Å². The zero-order valence-electron chi connectivity index (χ0n) is 10.1. The predicted molar refractivity (Wildman–Crippen MR) is 59.7 cm³/mol. The summed E-state index contributed by atoms with van der Waals surface area (Å²) < 4.78 is 7.04. The van der Waals surface area contributed by atoms with E-state index in [1.165, 1.54) is 0 Å². The Morgan fingerprint density at radius 1 is 1.44 bits per heavy atom. The molecule has 0 aliphatic carbocycles. The van der Waals surface area contributed by atoms with Crippen molar-refractivity contribution < 1.29 is 4.74 Å².